The summed E-state index contributed by atoms with van der Waals surface area (Å²) in [6.07, 6.45) is 0.830. The monoisotopic (exact) mass is 207 g/mol. The molecule has 80 valence electrons. The molecule has 1 N–H and O–H groups in total. The molecule has 0 saturated carbocycles. The molecule has 0 radical (unpaired) electrons. The largest absolute Gasteiger partial charge is 0.486 e. The van der Waals surface area contributed by atoms with Crippen LogP contribution in [-0.2, 0) is 4.79 Å². The first kappa shape index (κ1) is 9.83. The summed E-state index contributed by atoms with van der Waals surface area (Å²) < 4.78 is 10.9. The molecule has 1 aromatic carbocycles. The highest BCUT2D eigenvalue weighted by molar-refractivity contribution is 5.65. The molecule has 0 spiro atoms. The van der Waals surface area contributed by atoms with Crippen LogP contribution in [0, 0.1) is 6.92 Å². The van der Waals surface area contributed by atoms with Crippen LogP contribution in [0.2, 0.25) is 0 Å². The summed E-state index contributed by atoms with van der Waals surface area (Å²) in [5.74, 6) is 1.51. The van der Waals surface area contributed by atoms with Crippen molar-refractivity contribution in [2.75, 3.05) is 25.1 Å². The summed E-state index contributed by atoms with van der Waals surface area (Å²) in [6, 6.07) is 3.79. The third-order valence-electron chi connectivity index (χ3n) is 2.27. The van der Waals surface area contributed by atoms with Crippen molar-refractivity contribution in [2.24, 2.45) is 0 Å². The third-order valence-corrected chi connectivity index (χ3v) is 2.27. The van der Waals surface area contributed by atoms with Gasteiger partial charge in [0.2, 0.25) is 0 Å². The van der Waals surface area contributed by atoms with E-state index >= 15 is 0 Å². The van der Waals surface area contributed by atoms with Crippen LogP contribution in [0.25, 0.3) is 0 Å². The maximum Gasteiger partial charge on any atom is 0.163 e. The maximum atomic E-state index is 10.3. The number of benzene rings is 1. The molecule has 0 atom stereocenters. The average molecular weight is 207 g/mol. The molecule has 2 rings (SSSR count). The molecule has 0 aromatic heterocycles. The minimum atomic E-state index is 0.306. The van der Waals surface area contributed by atoms with E-state index in [-0.39, 0.29) is 0 Å². The zero-order valence-corrected chi connectivity index (χ0v) is 8.58. The van der Waals surface area contributed by atoms with Gasteiger partial charge in [-0.3, -0.25) is 0 Å². The zero-order valence-electron chi connectivity index (χ0n) is 8.58. The fourth-order valence-corrected chi connectivity index (χ4v) is 1.53. The van der Waals surface area contributed by atoms with Crippen molar-refractivity contribution in [1.82, 2.24) is 0 Å². The van der Waals surface area contributed by atoms with E-state index < -0.39 is 0 Å². The summed E-state index contributed by atoms with van der Waals surface area (Å²) in [4.78, 5) is 10.3. The Morgan fingerprint density at radius 3 is 2.67 bits per heavy atom. The average Bonchev–Trinajstić information content (AvgIpc) is 2.26. The summed E-state index contributed by atoms with van der Waals surface area (Å²) in [6.45, 7) is 3.43. The van der Waals surface area contributed by atoms with Gasteiger partial charge >= 0.3 is 0 Å². The molecule has 1 heterocycles. The van der Waals surface area contributed by atoms with Crippen LogP contribution in [-0.4, -0.2) is 26.0 Å². The molecule has 0 amide bonds. The first-order valence-corrected chi connectivity index (χ1v) is 4.89. The Balaban J connectivity index is 2.27. The second-order valence-corrected chi connectivity index (χ2v) is 3.36. The molecule has 1 aliphatic rings. The lowest BCUT2D eigenvalue weighted by atomic mass is 10.1. The summed E-state index contributed by atoms with van der Waals surface area (Å²) in [5, 5.41) is 3.01. The van der Waals surface area contributed by atoms with E-state index in [0.29, 0.717) is 19.8 Å². The number of hydrogen-bond acceptors (Lipinski definition) is 4. The van der Waals surface area contributed by atoms with Gasteiger partial charge in [-0.15, -0.1) is 0 Å². The summed E-state index contributed by atoms with van der Waals surface area (Å²) in [5.41, 5.74) is 1.95. The van der Waals surface area contributed by atoms with Crippen LogP contribution in [0.15, 0.2) is 12.1 Å². The molecule has 0 saturated heterocycles. The van der Waals surface area contributed by atoms with Gasteiger partial charge in [0.25, 0.3) is 0 Å². The number of rotatable bonds is 3. The minimum Gasteiger partial charge on any atom is -0.486 e. The number of anilines is 1. The second-order valence-electron chi connectivity index (χ2n) is 3.36. The van der Waals surface area contributed by atoms with Crippen molar-refractivity contribution in [1.29, 1.82) is 0 Å². The van der Waals surface area contributed by atoms with Crippen LogP contribution < -0.4 is 14.8 Å². The Hall–Kier alpha value is -1.71. The van der Waals surface area contributed by atoms with Gasteiger partial charge in [-0.2, -0.15) is 0 Å². The van der Waals surface area contributed by atoms with Gasteiger partial charge in [0.15, 0.2) is 11.5 Å². The highest BCUT2D eigenvalue weighted by atomic mass is 16.6. The van der Waals surface area contributed by atoms with E-state index in [1.165, 1.54) is 0 Å². The van der Waals surface area contributed by atoms with Gasteiger partial charge in [0.1, 0.15) is 19.5 Å². The standard InChI is InChI=1S/C11H13NO3/c1-8-6-10-11(15-5-4-14-10)7-9(8)12-2-3-13/h3,6-7,12H,2,4-5H2,1H3. The minimum absolute atomic E-state index is 0.306. The fraction of sp³-hybridized carbons (Fsp3) is 0.364. The molecule has 1 aliphatic heterocycles. The number of carbonyl (C=O) groups excluding carboxylic acids is 1. The quantitative estimate of drug-likeness (QED) is 0.760. The third kappa shape index (κ3) is 2.03. The van der Waals surface area contributed by atoms with E-state index in [1.807, 2.05) is 19.1 Å². The Morgan fingerprint density at radius 2 is 2.00 bits per heavy atom. The van der Waals surface area contributed by atoms with E-state index in [2.05, 4.69) is 5.32 Å². The number of aldehydes is 1. The van der Waals surface area contributed by atoms with Crippen molar-refractivity contribution < 1.29 is 14.3 Å². The van der Waals surface area contributed by atoms with Gasteiger partial charge in [-0.1, -0.05) is 0 Å². The zero-order chi connectivity index (χ0) is 10.7. The van der Waals surface area contributed by atoms with E-state index in [9.17, 15) is 4.79 Å². The molecule has 0 unspecified atom stereocenters. The molecule has 4 nitrogen and oxygen atoms in total. The highest BCUT2D eigenvalue weighted by Gasteiger charge is 2.13. The van der Waals surface area contributed by atoms with Crippen molar-refractivity contribution in [3.8, 4) is 11.5 Å². The second kappa shape index (κ2) is 4.21. The Bertz CT molecular complexity index is 376. The molecule has 1 aromatic rings. The molecular formula is C11H13NO3. The van der Waals surface area contributed by atoms with Crippen LogP contribution in [0.1, 0.15) is 5.56 Å². The van der Waals surface area contributed by atoms with Crippen molar-refractivity contribution in [3.05, 3.63) is 17.7 Å². The van der Waals surface area contributed by atoms with E-state index in [0.717, 1.165) is 29.0 Å². The molecule has 0 fully saturated rings. The van der Waals surface area contributed by atoms with Gasteiger partial charge in [-0.25, -0.2) is 0 Å². The summed E-state index contributed by atoms with van der Waals surface area (Å²) >= 11 is 0. The molecular weight excluding hydrogens is 194 g/mol. The number of nitrogens with one attached hydrogen (secondary N) is 1. The van der Waals surface area contributed by atoms with Crippen LogP contribution >= 0.6 is 0 Å². The van der Waals surface area contributed by atoms with Crippen LogP contribution in [0.5, 0.6) is 11.5 Å². The van der Waals surface area contributed by atoms with Crippen LogP contribution in [0.3, 0.4) is 0 Å². The number of carbonyl (C=O) groups is 1. The molecule has 15 heavy (non-hydrogen) atoms. The normalized spacial score (nSPS) is 13.4. The van der Waals surface area contributed by atoms with E-state index in [4.69, 9.17) is 9.47 Å². The van der Waals surface area contributed by atoms with Gasteiger partial charge in [0, 0.05) is 11.8 Å². The maximum absolute atomic E-state index is 10.3. The fourth-order valence-electron chi connectivity index (χ4n) is 1.53. The molecule has 4 heteroatoms. The predicted molar refractivity (Wildman–Crippen MR) is 56.7 cm³/mol. The number of hydrogen-bond donors (Lipinski definition) is 1. The predicted octanol–water partition coefficient (Wildman–Crippen LogP) is 1.38. The first-order valence-electron chi connectivity index (χ1n) is 4.89. The smallest absolute Gasteiger partial charge is 0.163 e. The highest BCUT2D eigenvalue weighted by Crippen LogP contribution is 2.35. The number of ether oxygens (including phenoxy) is 2. The first-order chi connectivity index (χ1) is 7.31. The lowest BCUT2D eigenvalue weighted by molar-refractivity contribution is -0.106. The number of aryl methyl sites for hydroxylation is 1. The Morgan fingerprint density at radius 1 is 1.33 bits per heavy atom. The SMILES string of the molecule is Cc1cc2c(cc1NCC=O)OCCO2. The van der Waals surface area contributed by atoms with Crippen molar-refractivity contribution >= 4 is 12.0 Å². The summed E-state index contributed by atoms with van der Waals surface area (Å²) in [7, 11) is 0. The molecule has 0 bridgehead atoms. The van der Waals surface area contributed by atoms with Gasteiger partial charge < -0.3 is 19.6 Å². The Labute approximate surface area is 88.2 Å². The van der Waals surface area contributed by atoms with Gasteiger partial charge in [0.05, 0.1) is 6.54 Å². The topological polar surface area (TPSA) is 47.6 Å². The number of fused-ring (bicyclic) bond motifs is 1. The Kier molecular flexibility index (Phi) is 2.76. The molecule has 0 aliphatic carbocycles. The van der Waals surface area contributed by atoms with Crippen molar-refractivity contribution in [3.63, 3.8) is 0 Å². The van der Waals surface area contributed by atoms with Crippen molar-refractivity contribution in [2.45, 2.75) is 6.92 Å². The van der Waals surface area contributed by atoms with E-state index in [1.54, 1.807) is 0 Å². The lowest BCUT2D eigenvalue weighted by Gasteiger charge is -2.20. The lowest BCUT2D eigenvalue weighted by Crippen LogP contribution is -2.16. The van der Waals surface area contributed by atoms with Gasteiger partial charge in [-0.05, 0) is 18.6 Å². The van der Waals surface area contributed by atoms with Crippen LogP contribution in [0.4, 0.5) is 5.69 Å².